The van der Waals surface area contributed by atoms with Crippen LogP contribution in [0.15, 0.2) is 27.6 Å². The molecule has 0 spiro atoms. The van der Waals surface area contributed by atoms with Gasteiger partial charge in [-0.1, -0.05) is 15.9 Å². The molecule has 1 aliphatic rings. The molecule has 118 valence electrons. The highest BCUT2D eigenvalue weighted by Gasteiger charge is 2.24. The van der Waals surface area contributed by atoms with E-state index in [1.807, 2.05) is 0 Å². The van der Waals surface area contributed by atoms with Crippen LogP contribution in [-0.4, -0.2) is 26.6 Å². The first-order chi connectivity index (χ1) is 9.92. The first-order valence-electron chi connectivity index (χ1n) is 7.10. The Morgan fingerprint density at radius 2 is 1.86 bits per heavy atom. The molecule has 0 heterocycles. The Hall–Kier alpha value is -0.630. The summed E-state index contributed by atoms with van der Waals surface area (Å²) in [7, 11) is -3.67. The second-order valence-electron chi connectivity index (χ2n) is 5.59. The van der Waals surface area contributed by atoms with Crippen LogP contribution >= 0.6 is 15.9 Å². The van der Waals surface area contributed by atoms with Crippen molar-refractivity contribution in [2.45, 2.75) is 30.6 Å². The Balaban J connectivity index is 1.96. The van der Waals surface area contributed by atoms with Crippen LogP contribution in [-0.2, 0) is 10.0 Å². The molecule has 0 atom stereocenters. The van der Waals surface area contributed by atoms with Gasteiger partial charge in [-0.2, -0.15) is 0 Å². The molecule has 1 aromatic rings. The lowest BCUT2D eigenvalue weighted by molar-refractivity contribution is 0.280. The van der Waals surface area contributed by atoms with E-state index in [0.29, 0.717) is 29.4 Å². The average molecular weight is 377 g/mol. The molecule has 1 saturated carbocycles. The summed E-state index contributed by atoms with van der Waals surface area (Å²) in [6.07, 6.45) is 4.12. The number of benzene rings is 1. The van der Waals surface area contributed by atoms with Crippen LogP contribution in [0.5, 0.6) is 5.75 Å². The zero-order chi connectivity index (χ0) is 15.5. The third kappa shape index (κ3) is 4.42. The van der Waals surface area contributed by atoms with Gasteiger partial charge in [0.2, 0.25) is 10.0 Å². The SMILES string of the molecule is NC[C@H]1CC[C@H](CNS(=O)(=O)c2ccc(Br)cc2O)CC1. The van der Waals surface area contributed by atoms with Crippen LogP contribution in [0.4, 0.5) is 0 Å². The summed E-state index contributed by atoms with van der Waals surface area (Å²) >= 11 is 3.19. The summed E-state index contributed by atoms with van der Waals surface area (Å²) in [4.78, 5) is -0.0821. The number of phenols is 1. The lowest BCUT2D eigenvalue weighted by Crippen LogP contribution is -2.32. The molecular formula is C14H21BrN2O3S. The predicted octanol–water partition coefficient (Wildman–Crippen LogP) is 2.20. The molecule has 7 heteroatoms. The number of halogens is 1. The molecular weight excluding hydrogens is 356 g/mol. The molecule has 0 saturated heterocycles. The van der Waals surface area contributed by atoms with Gasteiger partial charge in [0.15, 0.2) is 0 Å². The molecule has 0 radical (unpaired) electrons. The van der Waals surface area contributed by atoms with Crippen molar-refractivity contribution < 1.29 is 13.5 Å². The molecule has 21 heavy (non-hydrogen) atoms. The molecule has 5 nitrogen and oxygen atoms in total. The number of aromatic hydroxyl groups is 1. The fourth-order valence-corrected chi connectivity index (χ4v) is 4.24. The predicted molar refractivity (Wildman–Crippen MR) is 85.5 cm³/mol. The smallest absolute Gasteiger partial charge is 0.244 e. The number of phenolic OH excluding ortho intramolecular Hbond substituents is 1. The minimum atomic E-state index is -3.67. The van der Waals surface area contributed by atoms with E-state index in [1.54, 1.807) is 6.07 Å². The maximum Gasteiger partial charge on any atom is 0.244 e. The Morgan fingerprint density at radius 1 is 1.24 bits per heavy atom. The fourth-order valence-electron chi connectivity index (χ4n) is 2.69. The number of nitrogens with two attached hydrogens (primary N) is 1. The van der Waals surface area contributed by atoms with Gasteiger partial charge in [-0.05, 0) is 62.3 Å². The number of hydrogen-bond donors (Lipinski definition) is 3. The minimum Gasteiger partial charge on any atom is -0.506 e. The summed E-state index contributed by atoms with van der Waals surface area (Å²) in [5.41, 5.74) is 5.65. The van der Waals surface area contributed by atoms with Crippen LogP contribution in [0, 0.1) is 11.8 Å². The second-order valence-corrected chi connectivity index (χ2v) is 8.24. The van der Waals surface area contributed by atoms with Gasteiger partial charge in [0, 0.05) is 11.0 Å². The lowest BCUT2D eigenvalue weighted by Gasteiger charge is -2.27. The summed E-state index contributed by atoms with van der Waals surface area (Å²) in [6, 6.07) is 4.37. The number of rotatable bonds is 5. The monoisotopic (exact) mass is 376 g/mol. The highest BCUT2D eigenvalue weighted by Crippen LogP contribution is 2.29. The number of nitrogens with one attached hydrogen (secondary N) is 1. The molecule has 1 fully saturated rings. The Morgan fingerprint density at radius 3 is 2.43 bits per heavy atom. The van der Waals surface area contributed by atoms with Crippen molar-refractivity contribution in [3.05, 3.63) is 22.7 Å². The molecule has 2 rings (SSSR count). The molecule has 0 unspecified atom stereocenters. The lowest BCUT2D eigenvalue weighted by atomic mass is 9.82. The van der Waals surface area contributed by atoms with Gasteiger partial charge in [0.25, 0.3) is 0 Å². The summed E-state index contributed by atoms with van der Waals surface area (Å²) in [5, 5.41) is 9.77. The van der Waals surface area contributed by atoms with Crippen molar-refractivity contribution in [3.63, 3.8) is 0 Å². The topological polar surface area (TPSA) is 92.4 Å². The molecule has 0 amide bonds. The zero-order valence-electron chi connectivity index (χ0n) is 11.8. The highest BCUT2D eigenvalue weighted by atomic mass is 79.9. The van der Waals surface area contributed by atoms with Crippen molar-refractivity contribution in [2.75, 3.05) is 13.1 Å². The maximum atomic E-state index is 12.2. The van der Waals surface area contributed by atoms with E-state index in [4.69, 9.17) is 5.73 Å². The van der Waals surface area contributed by atoms with Gasteiger partial charge in [0.1, 0.15) is 10.6 Å². The summed E-state index contributed by atoms with van der Waals surface area (Å²) in [5.74, 6) is 0.678. The van der Waals surface area contributed by atoms with E-state index in [0.717, 1.165) is 25.7 Å². The van der Waals surface area contributed by atoms with Gasteiger partial charge in [-0.3, -0.25) is 0 Å². The quantitative estimate of drug-likeness (QED) is 0.734. The van der Waals surface area contributed by atoms with Gasteiger partial charge in [0.05, 0.1) is 0 Å². The molecule has 4 N–H and O–H groups in total. The first-order valence-corrected chi connectivity index (χ1v) is 9.38. The van der Waals surface area contributed by atoms with Crippen LogP contribution in [0.1, 0.15) is 25.7 Å². The van der Waals surface area contributed by atoms with Gasteiger partial charge < -0.3 is 10.8 Å². The minimum absolute atomic E-state index is 0.0821. The summed E-state index contributed by atoms with van der Waals surface area (Å²) < 4.78 is 27.7. The summed E-state index contributed by atoms with van der Waals surface area (Å²) in [6.45, 7) is 1.13. The van der Waals surface area contributed by atoms with E-state index in [2.05, 4.69) is 20.7 Å². The van der Waals surface area contributed by atoms with E-state index in [-0.39, 0.29) is 10.6 Å². The van der Waals surface area contributed by atoms with E-state index < -0.39 is 10.0 Å². The van der Waals surface area contributed by atoms with Crippen molar-refractivity contribution in [3.8, 4) is 5.75 Å². The van der Waals surface area contributed by atoms with E-state index >= 15 is 0 Å². The Bertz CT molecular complexity index is 584. The van der Waals surface area contributed by atoms with Crippen LogP contribution in [0.3, 0.4) is 0 Å². The average Bonchev–Trinajstić information content (AvgIpc) is 2.45. The number of sulfonamides is 1. The molecule has 1 aromatic carbocycles. The Labute approximate surface area is 134 Å². The van der Waals surface area contributed by atoms with Crippen LogP contribution < -0.4 is 10.5 Å². The van der Waals surface area contributed by atoms with Gasteiger partial charge in [-0.15, -0.1) is 0 Å². The third-order valence-corrected chi connectivity index (χ3v) is 6.04. The van der Waals surface area contributed by atoms with Crippen molar-refractivity contribution in [2.24, 2.45) is 17.6 Å². The van der Waals surface area contributed by atoms with Crippen LogP contribution in [0.2, 0.25) is 0 Å². The normalized spacial score (nSPS) is 23.1. The zero-order valence-corrected chi connectivity index (χ0v) is 14.2. The standard InChI is InChI=1S/C14H21BrN2O3S/c15-12-5-6-14(13(18)7-12)21(19,20)17-9-11-3-1-10(8-16)2-4-11/h5-7,10-11,17-18H,1-4,8-9,16H2/t10-,11-. The third-order valence-electron chi connectivity index (χ3n) is 4.07. The van der Waals surface area contributed by atoms with E-state index in [9.17, 15) is 13.5 Å². The van der Waals surface area contributed by atoms with Crippen molar-refractivity contribution in [1.82, 2.24) is 4.72 Å². The van der Waals surface area contributed by atoms with Gasteiger partial charge >= 0.3 is 0 Å². The van der Waals surface area contributed by atoms with Crippen molar-refractivity contribution >= 4 is 26.0 Å². The Kier molecular flexibility index (Phi) is 5.65. The van der Waals surface area contributed by atoms with Crippen LogP contribution in [0.25, 0.3) is 0 Å². The maximum absolute atomic E-state index is 12.2. The fraction of sp³-hybridized carbons (Fsp3) is 0.571. The van der Waals surface area contributed by atoms with Gasteiger partial charge in [-0.25, -0.2) is 13.1 Å². The highest BCUT2D eigenvalue weighted by molar-refractivity contribution is 9.10. The second kappa shape index (κ2) is 7.09. The number of hydrogen-bond acceptors (Lipinski definition) is 4. The van der Waals surface area contributed by atoms with E-state index in [1.165, 1.54) is 12.1 Å². The molecule has 1 aliphatic carbocycles. The molecule has 0 aliphatic heterocycles. The first kappa shape index (κ1) is 16.7. The molecule has 0 bridgehead atoms. The largest absolute Gasteiger partial charge is 0.506 e. The van der Waals surface area contributed by atoms with Crippen molar-refractivity contribution in [1.29, 1.82) is 0 Å². The molecule has 0 aromatic heterocycles.